The quantitative estimate of drug-likeness (QED) is 0.271. The molecule has 2 aromatic heterocycles. The fourth-order valence-corrected chi connectivity index (χ4v) is 5.41. The summed E-state index contributed by atoms with van der Waals surface area (Å²) in [6.07, 6.45) is 4.93. The van der Waals surface area contributed by atoms with Crippen molar-refractivity contribution >= 4 is 11.8 Å². The van der Waals surface area contributed by atoms with Crippen LogP contribution in [0.3, 0.4) is 0 Å². The Bertz CT molecular complexity index is 1620. The van der Waals surface area contributed by atoms with Crippen LogP contribution < -0.4 is 14.8 Å². The normalized spacial score (nSPS) is 16.8. The highest BCUT2D eigenvalue weighted by atomic mass is 19.1. The zero-order chi connectivity index (χ0) is 31.9. The average molecular weight is 613 g/mol. The van der Waals surface area contributed by atoms with E-state index in [1.54, 1.807) is 53.8 Å². The molecule has 0 aliphatic carbocycles. The Morgan fingerprint density at radius 1 is 1.00 bits per heavy atom. The Kier molecular flexibility index (Phi) is 9.99. The molecule has 1 aliphatic heterocycles. The minimum Gasteiger partial charge on any atom is -0.481 e. The molecule has 4 aromatic rings. The van der Waals surface area contributed by atoms with E-state index in [-0.39, 0.29) is 43.4 Å². The lowest BCUT2D eigenvalue weighted by Crippen LogP contribution is -2.64. The van der Waals surface area contributed by atoms with E-state index in [0.717, 1.165) is 11.1 Å². The maximum absolute atomic E-state index is 15.3. The Morgan fingerprint density at radius 3 is 2.47 bits per heavy atom. The number of aromatic nitrogens is 3. The van der Waals surface area contributed by atoms with Crippen molar-refractivity contribution in [1.29, 1.82) is 0 Å². The van der Waals surface area contributed by atoms with Crippen molar-refractivity contribution in [2.75, 3.05) is 20.2 Å². The van der Waals surface area contributed by atoms with Crippen LogP contribution in [-0.2, 0) is 22.7 Å². The maximum Gasteiger partial charge on any atom is 0.244 e. The van der Waals surface area contributed by atoms with Crippen LogP contribution in [0.4, 0.5) is 4.39 Å². The van der Waals surface area contributed by atoms with E-state index < -0.39 is 11.9 Å². The first-order valence-corrected chi connectivity index (χ1v) is 14.9. The van der Waals surface area contributed by atoms with E-state index in [1.165, 1.54) is 13.2 Å². The molecule has 3 heterocycles. The lowest BCUT2D eigenvalue weighted by Gasteiger charge is -2.45. The SMILES string of the molecule is COc1cc(Oc2cccc(F)c2CN2C[C@@H](C)N(C(=O)C(C)C)[C@@H](C(=O)NCc3ccc(-c4ncccn4)cc3)C2)ccn1. The summed E-state index contributed by atoms with van der Waals surface area (Å²) in [5.74, 6) is 0.716. The average Bonchev–Trinajstić information content (AvgIpc) is 3.05. The van der Waals surface area contributed by atoms with Crippen molar-refractivity contribution in [3.63, 3.8) is 0 Å². The van der Waals surface area contributed by atoms with Gasteiger partial charge < -0.3 is 19.7 Å². The van der Waals surface area contributed by atoms with Gasteiger partial charge >= 0.3 is 0 Å². The lowest BCUT2D eigenvalue weighted by molar-refractivity contribution is -0.150. The second-order valence-corrected chi connectivity index (χ2v) is 11.3. The number of hydrogen-bond donors (Lipinski definition) is 1. The maximum atomic E-state index is 15.3. The molecule has 0 saturated carbocycles. The van der Waals surface area contributed by atoms with E-state index in [2.05, 4.69) is 20.3 Å². The predicted molar refractivity (Wildman–Crippen MR) is 167 cm³/mol. The first-order valence-electron chi connectivity index (χ1n) is 14.9. The lowest BCUT2D eigenvalue weighted by atomic mass is 10.0. The number of nitrogens with one attached hydrogen (secondary N) is 1. The highest BCUT2D eigenvalue weighted by Gasteiger charge is 2.40. The van der Waals surface area contributed by atoms with E-state index in [9.17, 15) is 9.59 Å². The summed E-state index contributed by atoms with van der Waals surface area (Å²) in [7, 11) is 1.51. The minimum absolute atomic E-state index is 0.101. The van der Waals surface area contributed by atoms with Crippen molar-refractivity contribution in [1.82, 2.24) is 30.1 Å². The molecule has 2 atom stereocenters. The van der Waals surface area contributed by atoms with E-state index >= 15 is 4.39 Å². The number of methoxy groups -OCH3 is 1. The smallest absolute Gasteiger partial charge is 0.244 e. The molecule has 2 amide bonds. The number of hydrogen-bond acceptors (Lipinski definition) is 8. The van der Waals surface area contributed by atoms with Crippen molar-refractivity contribution in [3.05, 3.63) is 96.2 Å². The third-order valence-electron chi connectivity index (χ3n) is 7.66. The highest BCUT2D eigenvalue weighted by molar-refractivity contribution is 5.89. The Hall–Kier alpha value is -4.90. The number of nitrogens with zero attached hydrogens (tertiary/aromatic N) is 5. The van der Waals surface area contributed by atoms with Gasteiger partial charge in [0, 0.05) is 73.9 Å². The van der Waals surface area contributed by atoms with Gasteiger partial charge in [-0.3, -0.25) is 14.5 Å². The number of ether oxygens (including phenoxy) is 2. The fourth-order valence-electron chi connectivity index (χ4n) is 5.41. The number of carbonyl (C=O) groups is 2. The molecule has 10 nitrogen and oxygen atoms in total. The molecule has 5 rings (SSSR count). The van der Waals surface area contributed by atoms with Gasteiger partial charge in [-0.2, -0.15) is 0 Å². The number of benzene rings is 2. The second-order valence-electron chi connectivity index (χ2n) is 11.3. The van der Waals surface area contributed by atoms with Crippen molar-refractivity contribution < 1.29 is 23.5 Å². The van der Waals surface area contributed by atoms with Gasteiger partial charge in [-0.15, -0.1) is 0 Å². The third-order valence-corrected chi connectivity index (χ3v) is 7.66. The van der Waals surface area contributed by atoms with Crippen LogP contribution in [0.1, 0.15) is 31.9 Å². The van der Waals surface area contributed by atoms with Crippen molar-refractivity contribution in [2.24, 2.45) is 5.92 Å². The molecule has 2 aromatic carbocycles. The summed E-state index contributed by atoms with van der Waals surface area (Å²) in [6.45, 7) is 6.73. The molecule has 0 spiro atoms. The number of rotatable bonds is 10. The number of halogens is 1. The van der Waals surface area contributed by atoms with Gasteiger partial charge in [0.15, 0.2) is 5.82 Å². The van der Waals surface area contributed by atoms with Gasteiger partial charge in [0.25, 0.3) is 0 Å². The van der Waals surface area contributed by atoms with Crippen LogP contribution in [0.15, 0.2) is 79.3 Å². The largest absolute Gasteiger partial charge is 0.481 e. The van der Waals surface area contributed by atoms with E-state index in [4.69, 9.17) is 9.47 Å². The molecule has 1 N–H and O–H groups in total. The topological polar surface area (TPSA) is 110 Å². The molecule has 1 fully saturated rings. The first kappa shape index (κ1) is 31.5. The zero-order valence-corrected chi connectivity index (χ0v) is 25.8. The predicted octanol–water partition coefficient (Wildman–Crippen LogP) is 4.85. The van der Waals surface area contributed by atoms with Crippen LogP contribution >= 0.6 is 0 Å². The molecule has 0 unspecified atom stereocenters. The minimum atomic E-state index is -0.763. The van der Waals surface area contributed by atoms with Crippen LogP contribution in [0.5, 0.6) is 17.4 Å². The molecule has 0 bridgehead atoms. The Balaban J connectivity index is 1.32. The molecular weight excluding hydrogens is 575 g/mol. The highest BCUT2D eigenvalue weighted by Crippen LogP contribution is 2.31. The molecule has 1 saturated heterocycles. The third kappa shape index (κ3) is 7.61. The fraction of sp³-hybridized carbons (Fsp3) is 0.324. The van der Waals surface area contributed by atoms with Gasteiger partial charge in [-0.25, -0.2) is 19.3 Å². The Morgan fingerprint density at radius 2 is 1.76 bits per heavy atom. The standard InChI is InChI=1S/C34H37FN6O4/c1-22(2)34(43)41-23(3)19-40(20-27-28(35)7-5-8-30(27)45-26-13-16-36-31(17-26)44-4)21-29(41)33(42)39-18-24-9-11-25(12-10-24)32-37-14-6-15-38-32/h5-17,22-23,29H,18-21H2,1-4H3,(H,39,42)/t23-,29-/m1/s1. The molecular formula is C34H37FN6O4. The number of carbonyl (C=O) groups excluding carboxylic acids is 2. The van der Waals surface area contributed by atoms with Gasteiger partial charge in [0.05, 0.1) is 7.11 Å². The molecule has 45 heavy (non-hydrogen) atoms. The number of piperazine rings is 1. The summed E-state index contributed by atoms with van der Waals surface area (Å²) >= 11 is 0. The van der Waals surface area contributed by atoms with Crippen LogP contribution in [0, 0.1) is 11.7 Å². The van der Waals surface area contributed by atoms with Crippen LogP contribution in [-0.4, -0.2) is 68.8 Å². The summed E-state index contributed by atoms with van der Waals surface area (Å²) in [5.41, 5.74) is 2.12. The van der Waals surface area contributed by atoms with Crippen LogP contribution in [0.25, 0.3) is 11.4 Å². The summed E-state index contributed by atoms with van der Waals surface area (Å²) < 4.78 is 26.5. The number of pyridine rings is 1. The molecule has 1 aliphatic rings. The van der Waals surface area contributed by atoms with Gasteiger partial charge in [0.2, 0.25) is 17.7 Å². The van der Waals surface area contributed by atoms with Gasteiger partial charge in [0.1, 0.15) is 23.4 Å². The van der Waals surface area contributed by atoms with E-state index in [0.29, 0.717) is 35.3 Å². The summed E-state index contributed by atoms with van der Waals surface area (Å²) in [6, 6.07) is 16.3. The molecule has 11 heteroatoms. The van der Waals surface area contributed by atoms with Crippen LogP contribution in [0.2, 0.25) is 0 Å². The molecule has 0 radical (unpaired) electrons. The van der Waals surface area contributed by atoms with Crippen molar-refractivity contribution in [3.8, 4) is 28.8 Å². The first-order chi connectivity index (χ1) is 21.7. The second kappa shape index (κ2) is 14.3. The number of amides is 2. The monoisotopic (exact) mass is 612 g/mol. The van der Waals surface area contributed by atoms with Crippen molar-refractivity contribution in [2.45, 2.75) is 45.9 Å². The zero-order valence-electron chi connectivity index (χ0n) is 25.8. The summed E-state index contributed by atoms with van der Waals surface area (Å²) in [4.78, 5) is 43.3. The van der Waals surface area contributed by atoms with Gasteiger partial charge in [-0.05, 0) is 36.8 Å². The summed E-state index contributed by atoms with van der Waals surface area (Å²) in [5, 5.41) is 3.02. The molecule has 234 valence electrons. The van der Waals surface area contributed by atoms with Gasteiger partial charge in [-0.1, -0.05) is 44.2 Å². The van der Waals surface area contributed by atoms with E-state index in [1.807, 2.05) is 49.9 Å². The Labute approximate surface area is 262 Å².